The van der Waals surface area contributed by atoms with Crippen molar-refractivity contribution in [3.8, 4) is 22.5 Å². The predicted molar refractivity (Wildman–Crippen MR) is 98.0 cm³/mol. The topological polar surface area (TPSA) is 63.3 Å². The average molecular weight is 359 g/mol. The van der Waals surface area contributed by atoms with Gasteiger partial charge in [0.1, 0.15) is 5.82 Å². The first-order valence-electron chi connectivity index (χ1n) is 7.67. The molecular weight excluding hydrogens is 341 g/mol. The minimum atomic E-state index is -0.842. The first-order valence-corrected chi connectivity index (χ1v) is 8.18. The molecule has 1 heterocycles. The molecule has 3 rings (SSSR count). The van der Waals surface area contributed by atoms with E-state index in [-0.39, 0.29) is 5.82 Å². The van der Waals surface area contributed by atoms with Gasteiger partial charge in [0.05, 0.1) is 11.4 Å². The summed E-state index contributed by atoms with van der Waals surface area (Å²) in [6, 6.07) is 14.3. The molecule has 0 saturated carbocycles. The van der Waals surface area contributed by atoms with Crippen molar-refractivity contribution < 1.29 is 18.7 Å². The van der Waals surface area contributed by atoms with Crippen LogP contribution in [0.5, 0.6) is 0 Å². The molecule has 0 fully saturated rings. The zero-order chi connectivity index (χ0) is 18.2. The molecule has 0 bridgehead atoms. The van der Waals surface area contributed by atoms with Gasteiger partial charge in [-0.1, -0.05) is 43.3 Å². The van der Waals surface area contributed by atoms with Crippen LogP contribution in [0.4, 0.5) is 4.39 Å². The van der Waals surface area contributed by atoms with Crippen LogP contribution in [0, 0.1) is 5.82 Å². The summed E-state index contributed by atoms with van der Waals surface area (Å²) in [6.07, 6.45) is 3.66. The molecule has 0 radical (unpaired) electrons. The normalized spacial score (nSPS) is 11.3. The number of halogens is 1. The highest BCUT2D eigenvalue weighted by atomic mass is 32.1. The Hall–Kier alpha value is -2.60. The van der Waals surface area contributed by atoms with E-state index in [1.165, 1.54) is 18.5 Å². The third kappa shape index (κ3) is 5.46. The summed E-state index contributed by atoms with van der Waals surface area (Å²) < 4.78 is 18.1. The number of carboxylic acid groups (broad SMARTS) is 1. The molecule has 0 aliphatic carbocycles. The number of hydrogen-bond acceptors (Lipinski definition) is 4. The van der Waals surface area contributed by atoms with Crippen molar-refractivity contribution >= 4 is 18.6 Å². The Labute approximate surface area is 150 Å². The predicted octanol–water partition coefficient (Wildman–Crippen LogP) is 4.93. The standard InChI is InChI=1S/C15H10FNO.C4H8O2S/c16-14-7-5-12(6-8-14)11-1-3-13(4-2-11)15-9-17-10-18-15;1-2-3(7)4(5)6/h1-10H;3,7H,2H2,1H3,(H,5,6). The van der Waals surface area contributed by atoms with E-state index in [4.69, 9.17) is 9.52 Å². The van der Waals surface area contributed by atoms with E-state index in [1.807, 2.05) is 24.3 Å². The fourth-order valence-corrected chi connectivity index (χ4v) is 2.00. The molecular formula is C19H18FNO3S. The van der Waals surface area contributed by atoms with Gasteiger partial charge in [-0.3, -0.25) is 4.79 Å². The lowest BCUT2D eigenvalue weighted by Gasteiger charge is -2.02. The van der Waals surface area contributed by atoms with Crippen molar-refractivity contribution in [2.24, 2.45) is 0 Å². The Kier molecular flexibility index (Phi) is 6.77. The molecule has 1 unspecified atom stereocenters. The maximum absolute atomic E-state index is 12.8. The Morgan fingerprint density at radius 1 is 1.12 bits per heavy atom. The number of benzene rings is 2. The molecule has 1 atom stereocenters. The quantitative estimate of drug-likeness (QED) is 0.649. The Morgan fingerprint density at radius 2 is 1.64 bits per heavy atom. The van der Waals surface area contributed by atoms with Crippen LogP contribution in [-0.4, -0.2) is 21.3 Å². The lowest BCUT2D eigenvalue weighted by Crippen LogP contribution is -2.10. The van der Waals surface area contributed by atoms with Crippen molar-refractivity contribution in [1.82, 2.24) is 4.98 Å². The summed E-state index contributed by atoms with van der Waals surface area (Å²) in [7, 11) is 0. The second-order valence-electron chi connectivity index (χ2n) is 5.21. The average Bonchev–Trinajstić information content (AvgIpc) is 3.17. The maximum atomic E-state index is 12.8. The molecule has 3 aromatic rings. The number of carboxylic acids is 1. The van der Waals surface area contributed by atoms with Gasteiger partial charge in [0, 0.05) is 5.56 Å². The third-order valence-electron chi connectivity index (χ3n) is 3.45. The molecule has 0 aliphatic rings. The van der Waals surface area contributed by atoms with Gasteiger partial charge in [0.25, 0.3) is 0 Å². The van der Waals surface area contributed by atoms with Gasteiger partial charge in [0.15, 0.2) is 12.2 Å². The van der Waals surface area contributed by atoms with Crippen molar-refractivity contribution in [3.05, 3.63) is 66.9 Å². The van der Waals surface area contributed by atoms with Crippen molar-refractivity contribution in [1.29, 1.82) is 0 Å². The Morgan fingerprint density at radius 3 is 2.04 bits per heavy atom. The Balaban J connectivity index is 0.000000277. The van der Waals surface area contributed by atoms with Crippen molar-refractivity contribution in [2.45, 2.75) is 18.6 Å². The summed E-state index contributed by atoms with van der Waals surface area (Å²) in [5.41, 5.74) is 3.00. The molecule has 130 valence electrons. The SMILES string of the molecule is CCC(S)C(=O)O.Fc1ccc(-c2ccc(-c3cnco3)cc2)cc1. The highest BCUT2D eigenvalue weighted by molar-refractivity contribution is 7.81. The summed E-state index contributed by atoms with van der Waals surface area (Å²) >= 11 is 3.73. The molecule has 25 heavy (non-hydrogen) atoms. The molecule has 0 amide bonds. The zero-order valence-corrected chi connectivity index (χ0v) is 14.5. The molecule has 4 nitrogen and oxygen atoms in total. The van der Waals surface area contributed by atoms with Crippen LogP contribution in [0.25, 0.3) is 22.5 Å². The van der Waals surface area contributed by atoms with Crippen LogP contribution in [0.1, 0.15) is 13.3 Å². The van der Waals surface area contributed by atoms with Gasteiger partial charge in [-0.05, 0) is 29.7 Å². The molecule has 2 aromatic carbocycles. The molecule has 1 aromatic heterocycles. The minimum absolute atomic E-state index is 0.225. The highest BCUT2D eigenvalue weighted by Gasteiger charge is 2.06. The van der Waals surface area contributed by atoms with E-state index in [2.05, 4.69) is 17.6 Å². The van der Waals surface area contributed by atoms with E-state index in [9.17, 15) is 9.18 Å². The fourth-order valence-electron chi connectivity index (χ4n) is 2.00. The molecule has 6 heteroatoms. The number of oxazole rings is 1. The molecule has 0 spiro atoms. The third-order valence-corrected chi connectivity index (χ3v) is 4.04. The Bertz CT molecular complexity index is 787. The van der Waals surface area contributed by atoms with Crippen LogP contribution in [-0.2, 0) is 4.79 Å². The number of aromatic nitrogens is 1. The second kappa shape index (κ2) is 9.03. The number of rotatable bonds is 4. The first kappa shape index (κ1) is 18.7. The number of carbonyl (C=O) groups is 1. The van der Waals surface area contributed by atoms with Gasteiger partial charge < -0.3 is 9.52 Å². The van der Waals surface area contributed by atoms with E-state index >= 15 is 0 Å². The minimum Gasteiger partial charge on any atom is -0.480 e. The number of aliphatic carboxylic acids is 1. The van der Waals surface area contributed by atoms with E-state index in [0.29, 0.717) is 6.42 Å². The largest absolute Gasteiger partial charge is 0.480 e. The summed E-state index contributed by atoms with van der Waals surface area (Å²) in [6.45, 7) is 1.78. The van der Waals surface area contributed by atoms with Crippen molar-refractivity contribution in [2.75, 3.05) is 0 Å². The lowest BCUT2D eigenvalue weighted by atomic mass is 10.0. The summed E-state index contributed by atoms with van der Waals surface area (Å²) in [5, 5.41) is 7.62. The zero-order valence-electron chi connectivity index (χ0n) is 13.6. The molecule has 1 N–H and O–H groups in total. The maximum Gasteiger partial charge on any atom is 0.316 e. The fraction of sp³-hybridized carbons (Fsp3) is 0.158. The van der Waals surface area contributed by atoms with E-state index in [1.54, 1.807) is 25.3 Å². The number of thiol groups is 1. The monoisotopic (exact) mass is 359 g/mol. The molecule has 0 aliphatic heterocycles. The lowest BCUT2D eigenvalue weighted by molar-refractivity contribution is -0.136. The number of nitrogens with zero attached hydrogens (tertiary/aromatic N) is 1. The van der Waals surface area contributed by atoms with Gasteiger partial charge >= 0.3 is 5.97 Å². The van der Waals surface area contributed by atoms with E-state index in [0.717, 1.165) is 22.5 Å². The highest BCUT2D eigenvalue weighted by Crippen LogP contribution is 2.24. The van der Waals surface area contributed by atoms with Gasteiger partial charge in [-0.15, -0.1) is 0 Å². The van der Waals surface area contributed by atoms with Gasteiger partial charge in [0.2, 0.25) is 0 Å². The van der Waals surface area contributed by atoms with Crippen LogP contribution < -0.4 is 0 Å². The second-order valence-corrected chi connectivity index (χ2v) is 5.84. The summed E-state index contributed by atoms with van der Waals surface area (Å²) in [4.78, 5) is 13.7. The van der Waals surface area contributed by atoms with Crippen molar-refractivity contribution in [3.63, 3.8) is 0 Å². The smallest absolute Gasteiger partial charge is 0.316 e. The number of hydrogen-bond donors (Lipinski definition) is 2. The van der Waals surface area contributed by atoms with Crippen LogP contribution in [0.2, 0.25) is 0 Å². The van der Waals surface area contributed by atoms with Crippen LogP contribution in [0.3, 0.4) is 0 Å². The summed E-state index contributed by atoms with van der Waals surface area (Å²) in [5.74, 6) is -0.330. The van der Waals surface area contributed by atoms with Gasteiger partial charge in [-0.25, -0.2) is 9.37 Å². The van der Waals surface area contributed by atoms with E-state index < -0.39 is 11.2 Å². The first-order chi connectivity index (χ1) is 12.0. The van der Waals surface area contributed by atoms with Crippen LogP contribution in [0.15, 0.2) is 65.5 Å². The molecule has 0 saturated heterocycles. The van der Waals surface area contributed by atoms with Gasteiger partial charge in [-0.2, -0.15) is 12.6 Å². The van der Waals surface area contributed by atoms with Crippen LogP contribution >= 0.6 is 12.6 Å².